The van der Waals surface area contributed by atoms with Gasteiger partial charge in [-0.2, -0.15) is 0 Å². The normalized spacial score (nSPS) is 10.7. The molecule has 6 heteroatoms. The molecule has 0 saturated carbocycles. The molecular weight excluding hydrogens is 302 g/mol. The van der Waals surface area contributed by atoms with Crippen molar-refractivity contribution >= 4 is 39.2 Å². The third kappa shape index (κ3) is 1.26. The third-order valence-electron chi connectivity index (χ3n) is 1.91. The van der Waals surface area contributed by atoms with Crippen molar-refractivity contribution < 1.29 is 9.31 Å². The Bertz CT molecular complexity index is 523. The molecule has 0 atom stereocenters. The molecule has 1 aromatic carbocycles. The highest BCUT2D eigenvalue weighted by Gasteiger charge is 2.17. The average Bonchev–Trinajstić information content (AvgIpc) is 2.49. The van der Waals surface area contributed by atoms with Crippen molar-refractivity contribution in [3.05, 3.63) is 37.8 Å². The van der Waals surface area contributed by atoms with Crippen LogP contribution in [0.15, 0.2) is 18.3 Å². The summed E-state index contributed by atoms with van der Waals surface area (Å²) >= 11 is 1.93. The number of rotatable bonds is 1. The van der Waals surface area contributed by atoms with Crippen LogP contribution in [0.4, 0.5) is 10.1 Å². The van der Waals surface area contributed by atoms with Gasteiger partial charge in [0.15, 0.2) is 0 Å². The molecule has 14 heavy (non-hydrogen) atoms. The van der Waals surface area contributed by atoms with Gasteiger partial charge in [0.25, 0.3) is 5.69 Å². The standard InChI is InChI=1S/C8H4FIN2O2/c9-4-1-2-6(12(13)14)8-7(4)5(10)3-11-8/h1-3,11H. The van der Waals surface area contributed by atoms with E-state index < -0.39 is 10.7 Å². The molecule has 1 N–H and O–H groups in total. The van der Waals surface area contributed by atoms with Gasteiger partial charge in [-0.15, -0.1) is 0 Å². The van der Waals surface area contributed by atoms with Crippen molar-refractivity contribution in [2.75, 3.05) is 0 Å². The Balaban J connectivity index is 2.90. The van der Waals surface area contributed by atoms with E-state index >= 15 is 0 Å². The first kappa shape index (κ1) is 9.38. The summed E-state index contributed by atoms with van der Waals surface area (Å²) in [6.45, 7) is 0. The number of nitrogens with zero attached hydrogens (tertiary/aromatic N) is 1. The van der Waals surface area contributed by atoms with Gasteiger partial charge in [0.1, 0.15) is 11.3 Å². The van der Waals surface area contributed by atoms with E-state index in [9.17, 15) is 14.5 Å². The van der Waals surface area contributed by atoms with E-state index in [2.05, 4.69) is 4.98 Å². The van der Waals surface area contributed by atoms with Crippen LogP contribution in [0.1, 0.15) is 0 Å². The Morgan fingerprint density at radius 3 is 2.86 bits per heavy atom. The van der Waals surface area contributed by atoms with E-state index in [0.29, 0.717) is 3.57 Å². The van der Waals surface area contributed by atoms with Crippen LogP contribution in [0, 0.1) is 19.5 Å². The predicted octanol–water partition coefficient (Wildman–Crippen LogP) is 2.82. The van der Waals surface area contributed by atoms with Crippen LogP contribution in [-0.2, 0) is 0 Å². The van der Waals surface area contributed by atoms with Crippen molar-refractivity contribution in [2.45, 2.75) is 0 Å². The SMILES string of the molecule is O=[N+]([O-])c1ccc(F)c2c(I)c[nH]c12. The Morgan fingerprint density at radius 2 is 2.21 bits per heavy atom. The summed E-state index contributed by atoms with van der Waals surface area (Å²) in [5.41, 5.74) is 0.128. The summed E-state index contributed by atoms with van der Waals surface area (Å²) in [5, 5.41) is 10.9. The van der Waals surface area contributed by atoms with E-state index in [1.165, 1.54) is 0 Å². The molecule has 0 saturated heterocycles. The highest BCUT2D eigenvalue weighted by Crippen LogP contribution is 2.29. The first-order valence-corrected chi connectivity index (χ1v) is 4.78. The molecule has 0 aliphatic rings. The maximum atomic E-state index is 13.3. The van der Waals surface area contributed by atoms with E-state index in [1.54, 1.807) is 6.20 Å². The lowest BCUT2D eigenvalue weighted by molar-refractivity contribution is -0.383. The fourth-order valence-electron chi connectivity index (χ4n) is 1.31. The quantitative estimate of drug-likeness (QED) is 0.500. The maximum absolute atomic E-state index is 13.3. The number of fused-ring (bicyclic) bond motifs is 1. The van der Waals surface area contributed by atoms with Crippen molar-refractivity contribution in [3.8, 4) is 0 Å². The molecule has 0 aliphatic carbocycles. The zero-order valence-corrected chi connectivity index (χ0v) is 8.91. The molecule has 4 nitrogen and oxygen atoms in total. The van der Waals surface area contributed by atoms with Crippen LogP contribution in [0.3, 0.4) is 0 Å². The van der Waals surface area contributed by atoms with Crippen LogP contribution in [0.25, 0.3) is 10.9 Å². The number of non-ortho nitro benzene ring substituents is 1. The molecule has 72 valence electrons. The van der Waals surface area contributed by atoms with Gasteiger partial charge in [-0.05, 0) is 28.7 Å². The topological polar surface area (TPSA) is 58.9 Å². The Hall–Kier alpha value is -1.18. The molecule has 1 aromatic heterocycles. The van der Waals surface area contributed by atoms with Gasteiger partial charge >= 0.3 is 0 Å². The van der Waals surface area contributed by atoms with Gasteiger partial charge in [0, 0.05) is 15.8 Å². The van der Waals surface area contributed by atoms with Gasteiger partial charge in [0.2, 0.25) is 0 Å². The van der Waals surface area contributed by atoms with Crippen molar-refractivity contribution in [1.82, 2.24) is 4.98 Å². The number of aromatic amines is 1. The van der Waals surface area contributed by atoms with E-state index in [1.807, 2.05) is 22.6 Å². The summed E-state index contributed by atoms with van der Waals surface area (Å²) in [7, 11) is 0. The molecule has 0 bridgehead atoms. The number of hydrogen-bond acceptors (Lipinski definition) is 2. The average molecular weight is 306 g/mol. The second-order valence-corrected chi connectivity index (χ2v) is 3.87. The Morgan fingerprint density at radius 1 is 1.50 bits per heavy atom. The summed E-state index contributed by atoms with van der Waals surface area (Å²) in [6, 6.07) is 2.26. The van der Waals surface area contributed by atoms with Gasteiger partial charge in [-0.3, -0.25) is 10.1 Å². The lowest BCUT2D eigenvalue weighted by atomic mass is 10.2. The molecule has 0 fully saturated rings. The maximum Gasteiger partial charge on any atom is 0.293 e. The van der Waals surface area contributed by atoms with Crippen LogP contribution < -0.4 is 0 Å². The predicted molar refractivity (Wildman–Crippen MR) is 57.6 cm³/mol. The van der Waals surface area contributed by atoms with Gasteiger partial charge in [-0.25, -0.2) is 4.39 Å². The minimum Gasteiger partial charge on any atom is -0.354 e. The van der Waals surface area contributed by atoms with Crippen LogP contribution in [0.5, 0.6) is 0 Å². The zero-order chi connectivity index (χ0) is 10.3. The van der Waals surface area contributed by atoms with E-state index in [4.69, 9.17) is 0 Å². The van der Waals surface area contributed by atoms with Crippen LogP contribution >= 0.6 is 22.6 Å². The molecule has 0 amide bonds. The Kier molecular flexibility index (Phi) is 2.14. The highest BCUT2D eigenvalue weighted by molar-refractivity contribution is 14.1. The monoisotopic (exact) mass is 306 g/mol. The second kappa shape index (κ2) is 3.19. The molecule has 1 heterocycles. The van der Waals surface area contributed by atoms with Gasteiger partial charge in [-0.1, -0.05) is 0 Å². The number of halogens is 2. The minimum absolute atomic E-state index is 0.107. The molecular formula is C8H4FIN2O2. The first-order valence-electron chi connectivity index (χ1n) is 3.70. The number of nitro benzene ring substituents is 1. The second-order valence-electron chi connectivity index (χ2n) is 2.71. The number of H-pyrrole nitrogens is 1. The van der Waals surface area contributed by atoms with E-state index in [0.717, 1.165) is 12.1 Å². The largest absolute Gasteiger partial charge is 0.354 e. The first-order chi connectivity index (χ1) is 6.61. The zero-order valence-electron chi connectivity index (χ0n) is 6.75. The fraction of sp³-hybridized carbons (Fsp3) is 0. The molecule has 2 rings (SSSR count). The molecule has 2 aromatic rings. The molecule has 0 spiro atoms. The molecule has 0 radical (unpaired) electrons. The molecule has 0 unspecified atom stereocenters. The van der Waals surface area contributed by atoms with E-state index in [-0.39, 0.29) is 16.6 Å². The van der Waals surface area contributed by atoms with Gasteiger partial charge < -0.3 is 4.98 Å². The van der Waals surface area contributed by atoms with Crippen LogP contribution in [-0.4, -0.2) is 9.91 Å². The van der Waals surface area contributed by atoms with Crippen molar-refractivity contribution in [1.29, 1.82) is 0 Å². The summed E-state index contributed by atoms with van der Waals surface area (Å²) < 4.78 is 13.9. The number of hydrogen-bond donors (Lipinski definition) is 1. The summed E-state index contributed by atoms with van der Waals surface area (Å²) in [6.07, 6.45) is 1.54. The summed E-state index contributed by atoms with van der Waals surface area (Å²) in [5.74, 6) is -0.448. The van der Waals surface area contributed by atoms with Crippen LogP contribution in [0.2, 0.25) is 0 Å². The number of nitrogens with one attached hydrogen (secondary N) is 1. The lowest BCUT2D eigenvalue weighted by Gasteiger charge is -1.95. The smallest absolute Gasteiger partial charge is 0.293 e. The summed E-state index contributed by atoms with van der Waals surface area (Å²) in [4.78, 5) is 12.8. The number of aromatic nitrogens is 1. The lowest BCUT2D eigenvalue weighted by Crippen LogP contribution is -1.90. The number of nitro groups is 1. The third-order valence-corrected chi connectivity index (χ3v) is 2.76. The minimum atomic E-state index is -0.533. The van der Waals surface area contributed by atoms with Gasteiger partial charge in [0.05, 0.1) is 10.3 Å². The fourth-order valence-corrected chi connectivity index (χ4v) is 1.99. The highest BCUT2D eigenvalue weighted by atomic mass is 127. The van der Waals surface area contributed by atoms with Crippen molar-refractivity contribution in [2.24, 2.45) is 0 Å². The number of benzene rings is 1. The molecule has 0 aliphatic heterocycles. The Labute approximate surface area is 91.4 Å². The van der Waals surface area contributed by atoms with Crippen molar-refractivity contribution in [3.63, 3.8) is 0 Å².